The van der Waals surface area contributed by atoms with Gasteiger partial charge in [-0.1, -0.05) is 12.1 Å². The van der Waals surface area contributed by atoms with Gasteiger partial charge in [-0.2, -0.15) is 15.8 Å². The summed E-state index contributed by atoms with van der Waals surface area (Å²) in [5.41, 5.74) is 6.67. The molecule has 1 heterocycles. The zero-order chi connectivity index (χ0) is 18.3. The molecular formula is C20H16N4O2. The molecule has 128 valence electrons. The Morgan fingerprint density at radius 1 is 1.12 bits per heavy atom. The van der Waals surface area contributed by atoms with Crippen LogP contribution in [0.2, 0.25) is 0 Å². The molecule has 0 radical (unpaired) electrons. The van der Waals surface area contributed by atoms with E-state index in [1.54, 1.807) is 6.07 Å². The molecule has 0 spiro atoms. The lowest BCUT2D eigenvalue weighted by molar-refractivity contribution is 0.174. The predicted octanol–water partition coefficient (Wildman–Crippen LogP) is 3.01. The topological polar surface area (TPSA) is 116 Å². The molecule has 3 aliphatic rings. The van der Waals surface area contributed by atoms with Crippen LogP contribution in [0.15, 0.2) is 41.1 Å². The predicted molar refractivity (Wildman–Crippen MR) is 91.2 cm³/mol. The van der Waals surface area contributed by atoms with Crippen molar-refractivity contribution in [1.29, 1.82) is 15.8 Å². The van der Waals surface area contributed by atoms with Crippen LogP contribution in [0.4, 0.5) is 0 Å². The van der Waals surface area contributed by atoms with Crippen molar-refractivity contribution in [3.8, 4) is 29.7 Å². The van der Waals surface area contributed by atoms with Crippen molar-refractivity contribution in [2.45, 2.75) is 25.2 Å². The van der Waals surface area contributed by atoms with Gasteiger partial charge in [0, 0.05) is 5.92 Å². The summed E-state index contributed by atoms with van der Waals surface area (Å²) < 4.78 is 10.8. The van der Waals surface area contributed by atoms with E-state index in [1.165, 1.54) is 0 Å². The fraction of sp³-hybridized carbons (Fsp3) is 0.350. The fourth-order valence-electron chi connectivity index (χ4n) is 4.36. The lowest BCUT2D eigenvalue weighted by Crippen LogP contribution is -2.42. The second-order valence-corrected chi connectivity index (χ2v) is 6.72. The molecule has 0 amide bonds. The highest BCUT2D eigenvalue weighted by Crippen LogP contribution is 2.56. The second-order valence-electron chi connectivity index (χ2n) is 6.72. The van der Waals surface area contributed by atoms with Crippen LogP contribution in [0.5, 0.6) is 11.5 Å². The molecule has 1 aromatic rings. The summed E-state index contributed by atoms with van der Waals surface area (Å²) in [4.78, 5) is 0. The van der Waals surface area contributed by atoms with E-state index in [0.29, 0.717) is 11.5 Å². The number of nitrogens with two attached hydrogens (primary N) is 1. The number of rotatable bonds is 1. The fourth-order valence-corrected chi connectivity index (χ4v) is 4.36. The summed E-state index contributed by atoms with van der Waals surface area (Å²) in [5.74, 6) is 0.674. The van der Waals surface area contributed by atoms with Gasteiger partial charge in [-0.25, -0.2) is 0 Å². The van der Waals surface area contributed by atoms with Crippen LogP contribution in [-0.2, 0) is 0 Å². The molecule has 6 heteroatoms. The Bertz CT molecular complexity index is 957. The Labute approximate surface area is 151 Å². The summed E-state index contributed by atoms with van der Waals surface area (Å²) in [5, 5.41) is 29.6. The van der Waals surface area contributed by atoms with E-state index in [1.807, 2.05) is 18.2 Å². The summed E-state index contributed by atoms with van der Waals surface area (Å²) >= 11 is 0. The first-order chi connectivity index (χ1) is 12.7. The van der Waals surface area contributed by atoms with E-state index in [2.05, 4.69) is 18.2 Å². The molecule has 6 nitrogen and oxygen atoms in total. The van der Waals surface area contributed by atoms with Gasteiger partial charge in [-0.3, -0.25) is 0 Å². The molecular weight excluding hydrogens is 328 g/mol. The number of nitrogens with zero attached hydrogens (tertiary/aromatic N) is 3. The molecule has 0 fully saturated rings. The summed E-state index contributed by atoms with van der Waals surface area (Å²) in [7, 11) is 0. The second kappa shape index (κ2) is 5.83. The van der Waals surface area contributed by atoms with Gasteiger partial charge in [-0.15, -0.1) is 0 Å². The van der Waals surface area contributed by atoms with Crippen molar-refractivity contribution in [3.63, 3.8) is 0 Å². The Kier molecular flexibility index (Phi) is 3.60. The monoisotopic (exact) mass is 344 g/mol. The quantitative estimate of drug-likeness (QED) is 0.837. The van der Waals surface area contributed by atoms with Crippen molar-refractivity contribution >= 4 is 0 Å². The minimum absolute atomic E-state index is 0.0528. The average Bonchev–Trinajstić information content (AvgIpc) is 3.15. The molecule has 0 unspecified atom stereocenters. The molecule has 2 aliphatic carbocycles. The van der Waals surface area contributed by atoms with Crippen molar-refractivity contribution in [1.82, 2.24) is 0 Å². The van der Waals surface area contributed by atoms with E-state index in [4.69, 9.17) is 15.2 Å². The maximum atomic E-state index is 9.97. The molecule has 1 aromatic carbocycles. The van der Waals surface area contributed by atoms with Gasteiger partial charge in [0.25, 0.3) is 0 Å². The SMILES string of the molecule is N#CC1=C(N)C(C#N)(C#N)[C@@H](c2ccc3c(c2)OCO3)[C@@H]2CCCC=C12. The first-order valence-corrected chi connectivity index (χ1v) is 8.49. The highest BCUT2D eigenvalue weighted by molar-refractivity contribution is 5.60. The molecule has 2 N–H and O–H groups in total. The molecule has 4 rings (SSSR count). The van der Waals surface area contributed by atoms with Crippen LogP contribution < -0.4 is 15.2 Å². The van der Waals surface area contributed by atoms with E-state index >= 15 is 0 Å². The largest absolute Gasteiger partial charge is 0.454 e. The van der Waals surface area contributed by atoms with Crippen LogP contribution in [-0.4, -0.2) is 6.79 Å². The summed E-state index contributed by atoms with van der Waals surface area (Å²) in [6, 6.07) is 11.9. The van der Waals surface area contributed by atoms with Gasteiger partial charge >= 0.3 is 0 Å². The molecule has 0 saturated carbocycles. The Morgan fingerprint density at radius 2 is 1.88 bits per heavy atom. The Hall–Kier alpha value is -3.43. The third kappa shape index (κ3) is 2.01. The van der Waals surface area contributed by atoms with E-state index in [-0.39, 0.29) is 24.0 Å². The minimum atomic E-state index is -1.59. The summed E-state index contributed by atoms with van der Waals surface area (Å²) in [6.07, 6.45) is 4.64. The van der Waals surface area contributed by atoms with Crippen molar-refractivity contribution in [3.05, 3.63) is 46.7 Å². The molecule has 1 aliphatic heterocycles. The van der Waals surface area contributed by atoms with Gasteiger partial charge in [-0.05, 0) is 48.4 Å². The Balaban J connectivity index is 1.97. The van der Waals surface area contributed by atoms with Gasteiger partial charge in [0.05, 0.1) is 23.4 Å². The molecule has 0 bridgehead atoms. The highest BCUT2D eigenvalue weighted by atomic mass is 16.7. The number of hydrogen-bond acceptors (Lipinski definition) is 6. The number of allylic oxidation sites excluding steroid dienone is 4. The molecule has 0 aromatic heterocycles. The lowest BCUT2D eigenvalue weighted by atomic mass is 9.57. The third-order valence-electron chi connectivity index (χ3n) is 5.55. The third-order valence-corrected chi connectivity index (χ3v) is 5.55. The smallest absolute Gasteiger partial charge is 0.231 e. The zero-order valence-corrected chi connectivity index (χ0v) is 14.0. The zero-order valence-electron chi connectivity index (χ0n) is 14.0. The molecule has 26 heavy (non-hydrogen) atoms. The first-order valence-electron chi connectivity index (χ1n) is 8.49. The first kappa shape index (κ1) is 16.1. The highest BCUT2D eigenvalue weighted by Gasteiger charge is 2.53. The number of ether oxygens (including phenoxy) is 2. The molecule has 0 saturated heterocycles. The van der Waals surface area contributed by atoms with Crippen LogP contribution in [0, 0.1) is 45.3 Å². The van der Waals surface area contributed by atoms with Gasteiger partial charge in [0.2, 0.25) is 6.79 Å². The molecule has 2 atom stereocenters. The van der Waals surface area contributed by atoms with Crippen molar-refractivity contribution in [2.75, 3.05) is 6.79 Å². The van der Waals surface area contributed by atoms with Crippen molar-refractivity contribution < 1.29 is 9.47 Å². The van der Waals surface area contributed by atoms with Crippen molar-refractivity contribution in [2.24, 2.45) is 17.1 Å². The normalized spacial score (nSPS) is 25.3. The minimum Gasteiger partial charge on any atom is -0.454 e. The number of fused-ring (bicyclic) bond motifs is 2. The van der Waals surface area contributed by atoms with E-state index in [9.17, 15) is 15.8 Å². The average molecular weight is 344 g/mol. The number of hydrogen-bond donors (Lipinski definition) is 1. The summed E-state index contributed by atoms with van der Waals surface area (Å²) in [6.45, 7) is 0.153. The number of benzene rings is 1. The van der Waals surface area contributed by atoms with Crippen LogP contribution in [0.3, 0.4) is 0 Å². The maximum Gasteiger partial charge on any atom is 0.231 e. The Morgan fingerprint density at radius 3 is 2.62 bits per heavy atom. The van der Waals surface area contributed by atoms with Crippen LogP contribution >= 0.6 is 0 Å². The standard InChI is InChI=1S/C20H16N4O2/c21-8-15-13-3-1-2-4-14(13)18(20(9-22,10-23)19(15)24)12-5-6-16-17(7-12)26-11-25-16/h3,5-7,14,18H,1-2,4,11,24H2/t14-,18+/m1/s1. The van der Waals surface area contributed by atoms with Gasteiger partial charge in [0.1, 0.15) is 6.07 Å². The van der Waals surface area contributed by atoms with Crippen LogP contribution in [0.1, 0.15) is 30.7 Å². The van der Waals surface area contributed by atoms with Gasteiger partial charge in [0.15, 0.2) is 16.9 Å². The van der Waals surface area contributed by atoms with E-state index in [0.717, 1.165) is 30.4 Å². The number of nitriles is 3. The maximum absolute atomic E-state index is 9.97. The lowest BCUT2D eigenvalue weighted by Gasteiger charge is -2.43. The van der Waals surface area contributed by atoms with Gasteiger partial charge < -0.3 is 15.2 Å². The van der Waals surface area contributed by atoms with E-state index < -0.39 is 11.3 Å². The van der Waals surface area contributed by atoms with Crippen LogP contribution in [0.25, 0.3) is 0 Å².